The van der Waals surface area contributed by atoms with E-state index in [0.717, 1.165) is 5.69 Å². The smallest absolute Gasteiger partial charge is 0.264 e. The Kier molecular flexibility index (Phi) is 8.07. The third-order valence-corrected chi connectivity index (χ3v) is 5.86. The number of anilines is 1. The van der Waals surface area contributed by atoms with Crippen molar-refractivity contribution >= 4 is 57.8 Å². The number of nitrogens with one attached hydrogen (secondary N) is 2. The molecule has 2 amide bonds. The molecule has 7 nitrogen and oxygen atoms in total. The number of nitrogens with zero attached hydrogens (tertiary/aromatic N) is 1. The maximum Gasteiger partial charge on any atom is 0.264 e. The third-order valence-electron chi connectivity index (χ3n) is 4.67. The number of carbonyl (C=O) groups excluding carboxylic acids is 2. The third kappa shape index (κ3) is 6.65. The van der Waals surface area contributed by atoms with Gasteiger partial charge in [-0.15, -0.1) is 0 Å². The van der Waals surface area contributed by atoms with E-state index in [9.17, 15) is 9.59 Å². The highest BCUT2D eigenvalue weighted by Crippen LogP contribution is 2.38. The van der Waals surface area contributed by atoms with E-state index in [1.165, 1.54) is 11.8 Å². The zero-order chi connectivity index (χ0) is 24.6. The minimum atomic E-state index is -0.329. The summed E-state index contributed by atoms with van der Waals surface area (Å²) in [6.45, 7) is 1.95. The number of halogens is 1. The van der Waals surface area contributed by atoms with Crippen LogP contribution in [0.15, 0.2) is 82.7 Å². The van der Waals surface area contributed by atoms with E-state index in [-0.39, 0.29) is 29.2 Å². The molecule has 2 N–H and O–H groups in total. The topological polar surface area (TPSA) is 89.0 Å². The molecule has 1 aliphatic rings. The van der Waals surface area contributed by atoms with Crippen molar-refractivity contribution in [2.45, 2.75) is 6.92 Å². The molecule has 1 aliphatic heterocycles. The fourth-order valence-corrected chi connectivity index (χ4v) is 4.30. The summed E-state index contributed by atoms with van der Waals surface area (Å²) < 4.78 is 11.4. The SMILES string of the molecule is CCOc1cc(/C=C2\SC(=Nc3ccccc3)NC2=O)cc(Cl)c1OCC(=O)Nc1ccccc1. The standard InChI is InChI=1S/C26H22ClN3O4S/c1-2-33-21-14-17(15-22-25(32)30-26(35-22)29-19-11-7-4-8-12-19)13-20(27)24(21)34-16-23(31)28-18-9-5-3-6-10-18/h3-15H,2,16H2,1H3,(H,28,31)(H,29,30,32)/b22-15-. The first-order valence-electron chi connectivity index (χ1n) is 10.8. The van der Waals surface area contributed by atoms with Crippen molar-refractivity contribution in [3.8, 4) is 11.5 Å². The number of amides is 2. The van der Waals surface area contributed by atoms with Crippen LogP contribution in [0.25, 0.3) is 6.08 Å². The van der Waals surface area contributed by atoms with Gasteiger partial charge in [-0.05, 0) is 66.7 Å². The summed E-state index contributed by atoms with van der Waals surface area (Å²) in [7, 11) is 0. The summed E-state index contributed by atoms with van der Waals surface area (Å²) in [6.07, 6.45) is 1.70. The highest BCUT2D eigenvalue weighted by atomic mass is 35.5. The van der Waals surface area contributed by atoms with E-state index >= 15 is 0 Å². The number of hydrogen-bond acceptors (Lipinski definition) is 6. The molecule has 1 fully saturated rings. The van der Waals surface area contributed by atoms with Gasteiger partial charge in [0.25, 0.3) is 11.8 Å². The fraction of sp³-hybridized carbons (Fsp3) is 0.115. The molecule has 0 bridgehead atoms. The van der Waals surface area contributed by atoms with Gasteiger partial charge >= 0.3 is 0 Å². The number of thioether (sulfide) groups is 1. The molecule has 0 aromatic heterocycles. The second-order valence-electron chi connectivity index (χ2n) is 7.28. The van der Waals surface area contributed by atoms with Crippen LogP contribution < -0.4 is 20.1 Å². The Balaban J connectivity index is 1.49. The van der Waals surface area contributed by atoms with Crippen molar-refractivity contribution in [3.63, 3.8) is 0 Å². The van der Waals surface area contributed by atoms with Gasteiger partial charge in [0.05, 0.1) is 22.2 Å². The maximum absolute atomic E-state index is 12.5. The monoisotopic (exact) mass is 507 g/mol. The molecule has 0 aliphatic carbocycles. The number of benzene rings is 3. The van der Waals surface area contributed by atoms with Crippen molar-refractivity contribution in [3.05, 3.63) is 88.3 Å². The predicted octanol–water partition coefficient (Wildman–Crippen LogP) is 5.65. The summed E-state index contributed by atoms with van der Waals surface area (Å²) in [5.41, 5.74) is 2.07. The normalized spacial score (nSPS) is 15.2. The number of hydrogen-bond donors (Lipinski definition) is 2. The Hall–Kier alpha value is -3.75. The molecule has 0 radical (unpaired) electrons. The highest BCUT2D eigenvalue weighted by Gasteiger charge is 2.24. The summed E-state index contributed by atoms with van der Waals surface area (Å²) in [6, 6.07) is 21.8. The van der Waals surface area contributed by atoms with Crippen molar-refractivity contribution in [2.75, 3.05) is 18.5 Å². The van der Waals surface area contributed by atoms with Crippen molar-refractivity contribution < 1.29 is 19.1 Å². The van der Waals surface area contributed by atoms with Gasteiger partial charge in [0.1, 0.15) is 0 Å². The second-order valence-corrected chi connectivity index (χ2v) is 8.72. The number of carbonyl (C=O) groups is 2. The van der Waals surface area contributed by atoms with Crippen LogP contribution in [0, 0.1) is 0 Å². The Bertz CT molecular complexity index is 1280. The molecule has 0 spiro atoms. The Morgan fingerprint density at radius 3 is 2.51 bits per heavy atom. The molecule has 178 valence electrons. The average molecular weight is 508 g/mol. The van der Waals surface area contributed by atoms with Gasteiger partial charge in [-0.25, -0.2) is 4.99 Å². The van der Waals surface area contributed by atoms with Gasteiger partial charge in [-0.1, -0.05) is 48.0 Å². The largest absolute Gasteiger partial charge is 0.490 e. The molecule has 0 atom stereocenters. The molecule has 9 heteroatoms. The lowest BCUT2D eigenvalue weighted by molar-refractivity contribution is -0.118. The number of rotatable bonds is 8. The van der Waals surface area contributed by atoms with Crippen LogP contribution in [0.5, 0.6) is 11.5 Å². The van der Waals surface area contributed by atoms with E-state index in [1.54, 1.807) is 30.3 Å². The van der Waals surface area contributed by atoms with E-state index < -0.39 is 0 Å². The molecule has 0 saturated carbocycles. The summed E-state index contributed by atoms with van der Waals surface area (Å²) in [4.78, 5) is 29.6. The van der Waals surface area contributed by atoms with E-state index in [2.05, 4.69) is 15.6 Å². The first kappa shape index (κ1) is 24.4. The van der Waals surface area contributed by atoms with Crippen molar-refractivity contribution in [1.29, 1.82) is 0 Å². The molecule has 1 saturated heterocycles. The van der Waals surface area contributed by atoms with Crippen molar-refractivity contribution in [2.24, 2.45) is 4.99 Å². The second kappa shape index (κ2) is 11.6. The number of aliphatic imine (C=N–C) groups is 1. The Morgan fingerprint density at radius 2 is 1.80 bits per heavy atom. The fourth-order valence-electron chi connectivity index (χ4n) is 3.18. The van der Waals surface area contributed by atoms with Crippen molar-refractivity contribution in [1.82, 2.24) is 5.32 Å². The first-order chi connectivity index (χ1) is 17.0. The van der Waals surface area contributed by atoms with Crippen LogP contribution >= 0.6 is 23.4 Å². The number of amidine groups is 1. The van der Waals surface area contributed by atoms with Crippen LogP contribution in [-0.2, 0) is 9.59 Å². The highest BCUT2D eigenvalue weighted by molar-refractivity contribution is 8.18. The van der Waals surface area contributed by atoms with Crippen LogP contribution in [0.3, 0.4) is 0 Å². The van der Waals surface area contributed by atoms with Gasteiger partial charge in [0.15, 0.2) is 23.3 Å². The van der Waals surface area contributed by atoms with Gasteiger partial charge in [-0.2, -0.15) is 0 Å². The lowest BCUT2D eigenvalue weighted by Crippen LogP contribution is -2.20. The Morgan fingerprint density at radius 1 is 1.09 bits per heavy atom. The van der Waals surface area contributed by atoms with E-state index in [0.29, 0.717) is 33.7 Å². The molecular weight excluding hydrogens is 486 g/mol. The van der Waals surface area contributed by atoms with Crippen LogP contribution in [0.2, 0.25) is 5.02 Å². The minimum absolute atomic E-state index is 0.243. The first-order valence-corrected chi connectivity index (χ1v) is 12.0. The predicted molar refractivity (Wildman–Crippen MR) is 140 cm³/mol. The van der Waals surface area contributed by atoms with Gasteiger partial charge < -0.3 is 20.1 Å². The van der Waals surface area contributed by atoms with Crippen LogP contribution in [-0.4, -0.2) is 30.2 Å². The lowest BCUT2D eigenvalue weighted by atomic mass is 10.2. The lowest BCUT2D eigenvalue weighted by Gasteiger charge is -2.14. The molecular formula is C26H22ClN3O4S. The number of para-hydroxylation sites is 2. The quantitative estimate of drug-likeness (QED) is 0.385. The summed E-state index contributed by atoms with van der Waals surface area (Å²) in [5, 5.41) is 6.27. The molecule has 4 rings (SSSR count). The Labute approximate surface area is 212 Å². The molecule has 0 unspecified atom stereocenters. The number of ether oxygens (including phenoxy) is 2. The molecule has 35 heavy (non-hydrogen) atoms. The molecule has 3 aromatic rings. The molecule has 3 aromatic carbocycles. The van der Waals surface area contributed by atoms with Gasteiger partial charge in [0, 0.05) is 5.69 Å². The van der Waals surface area contributed by atoms with Gasteiger partial charge in [-0.3, -0.25) is 9.59 Å². The van der Waals surface area contributed by atoms with E-state index in [1.807, 2.05) is 55.5 Å². The minimum Gasteiger partial charge on any atom is -0.490 e. The zero-order valence-corrected chi connectivity index (χ0v) is 20.4. The summed E-state index contributed by atoms with van der Waals surface area (Å²) >= 11 is 7.71. The van der Waals surface area contributed by atoms with Crippen LogP contribution in [0.1, 0.15) is 12.5 Å². The van der Waals surface area contributed by atoms with E-state index in [4.69, 9.17) is 21.1 Å². The van der Waals surface area contributed by atoms with Gasteiger partial charge in [0.2, 0.25) is 0 Å². The maximum atomic E-state index is 12.5. The zero-order valence-electron chi connectivity index (χ0n) is 18.8. The van der Waals surface area contributed by atoms with Crippen LogP contribution in [0.4, 0.5) is 11.4 Å². The summed E-state index contributed by atoms with van der Waals surface area (Å²) in [5.74, 6) is 0.0523. The molecule has 1 heterocycles. The average Bonchev–Trinajstić information content (AvgIpc) is 3.18.